The average molecular weight is 286 g/mol. The van der Waals surface area contributed by atoms with E-state index in [0.717, 1.165) is 16.5 Å². The Balaban J connectivity index is 2.10. The van der Waals surface area contributed by atoms with Crippen molar-refractivity contribution in [3.8, 4) is 0 Å². The molecular weight excluding hydrogens is 263 g/mol. The normalized spacial score (nSPS) is 20.6. The lowest BCUT2D eigenvalue weighted by molar-refractivity contribution is 0.00578. The molecule has 2 aromatic heterocycles. The van der Waals surface area contributed by atoms with E-state index in [4.69, 9.17) is 9.31 Å². The maximum atomic E-state index is 6.18. The molecule has 0 amide bonds. The molecule has 2 aromatic rings. The van der Waals surface area contributed by atoms with Gasteiger partial charge in [0, 0.05) is 23.9 Å². The molecule has 4 nitrogen and oxygen atoms in total. The minimum Gasteiger partial charge on any atom is -0.399 e. The van der Waals surface area contributed by atoms with Crippen LogP contribution in [-0.2, 0) is 9.31 Å². The van der Waals surface area contributed by atoms with Gasteiger partial charge in [-0.25, -0.2) is 0 Å². The molecule has 1 aliphatic rings. The van der Waals surface area contributed by atoms with E-state index >= 15 is 0 Å². The zero-order valence-corrected chi connectivity index (χ0v) is 13.7. The fourth-order valence-corrected chi connectivity index (χ4v) is 2.68. The predicted octanol–water partition coefficient (Wildman–Crippen LogP) is 2.92. The summed E-state index contributed by atoms with van der Waals surface area (Å²) >= 11 is 0. The molecular formula is C16H23BN2O2. The van der Waals surface area contributed by atoms with Gasteiger partial charge in [-0.3, -0.25) is 4.98 Å². The summed E-state index contributed by atoms with van der Waals surface area (Å²) in [6.45, 7) is 12.6. The number of fused-ring (bicyclic) bond motifs is 1. The molecule has 0 N–H and O–H groups in total. The van der Waals surface area contributed by atoms with E-state index in [1.807, 2.05) is 12.3 Å². The predicted molar refractivity (Wildman–Crippen MR) is 85.8 cm³/mol. The molecule has 1 aliphatic heterocycles. The molecule has 0 atom stereocenters. The van der Waals surface area contributed by atoms with Gasteiger partial charge in [-0.1, -0.05) is 0 Å². The van der Waals surface area contributed by atoms with Crippen LogP contribution in [0.5, 0.6) is 0 Å². The third-order valence-corrected chi connectivity index (χ3v) is 4.68. The van der Waals surface area contributed by atoms with Crippen molar-refractivity contribution in [2.24, 2.45) is 0 Å². The Labute approximate surface area is 126 Å². The van der Waals surface area contributed by atoms with Crippen molar-refractivity contribution in [2.45, 2.75) is 58.8 Å². The van der Waals surface area contributed by atoms with Crippen molar-refractivity contribution in [2.75, 3.05) is 0 Å². The van der Waals surface area contributed by atoms with E-state index in [-0.39, 0.29) is 18.3 Å². The largest absolute Gasteiger partial charge is 0.498 e. The van der Waals surface area contributed by atoms with Crippen LogP contribution in [0.1, 0.15) is 47.6 Å². The van der Waals surface area contributed by atoms with Gasteiger partial charge >= 0.3 is 7.12 Å². The molecule has 0 aliphatic carbocycles. The maximum Gasteiger partial charge on any atom is 0.498 e. The average Bonchev–Trinajstić information content (AvgIpc) is 2.85. The van der Waals surface area contributed by atoms with Crippen LogP contribution in [0.25, 0.3) is 11.0 Å². The minimum atomic E-state index is -0.368. The number of pyridine rings is 1. The van der Waals surface area contributed by atoms with Crippen molar-refractivity contribution >= 4 is 23.6 Å². The first-order valence-electron chi connectivity index (χ1n) is 7.54. The molecule has 0 radical (unpaired) electrons. The van der Waals surface area contributed by atoms with Crippen LogP contribution >= 0.6 is 0 Å². The zero-order valence-electron chi connectivity index (χ0n) is 13.7. The molecule has 0 aromatic carbocycles. The highest BCUT2D eigenvalue weighted by Crippen LogP contribution is 2.37. The third kappa shape index (κ3) is 2.19. The van der Waals surface area contributed by atoms with Crippen molar-refractivity contribution in [1.29, 1.82) is 0 Å². The van der Waals surface area contributed by atoms with Gasteiger partial charge in [-0.05, 0) is 53.7 Å². The molecule has 3 heterocycles. The highest BCUT2D eigenvalue weighted by molar-refractivity contribution is 6.65. The van der Waals surface area contributed by atoms with Gasteiger partial charge in [0.25, 0.3) is 0 Å². The Kier molecular flexibility index (Phi) is 3.19. The summed E-state index contributed by atoms with van der Waals surface area (Å²) in [6.07, 6.45) is 3.94. The first kappa shape index (κ1) is 14.6. The molecule has 1 fully saturated rings. The van der Waals surface area contributed by atoms with E-state index in [9.17, 15) is 0 Å². The Morgan fingerprint density at radius 3 is 2.33 bits per heavy atom. The lowest BCUT2D eigenvalue weighted by Gasteiger charge is -2.32. The van der Waals surface area contributed by atoms with E-state index in [1.54, 1.807) is 0 Å². The molecule has 0 unspecified atom stereocenters. The highest BCUT2D eigenvalue weighted by Gasteiger charge is 2.52. The molecule has 112 valence electrons. The first-order valence-corrected chi connectivity index (χ1v) is 7.54. The standard InChI is InChI=1S/C16H23BN2O2/c1-11(2)19-10-12(14-13(19)8-7-9-18-14)17-20-15(3,4)16(5,6)21-17/h7-11H,1-6H3. The summed E-state index contributed by atoms with van der Waals surface area (Å²) in [4.78, 5) is 4.54. The second-order valence-electron chi connectivity index (χ2n) is 7.04. The number of hydrogen-bond acceptors (Lipinski definition) is 3. The summed E-state index contributed by atoms with van der Waals surface area (Å²) in [5, 5.41) is 0. The van der Waals surface area contributed by atoms with Crippen LogP contribution < -0.4 is 5.46 Å². The van der Waals surface area contributed by atoms with Crippen LogP contribution in [0.4, 0.5) is 0 Å². The van der Waals surface area contributed by atoms with Crippen molar-refractivity contribution in [3.63, 3.8) is 0 Å². The summed E-state index contributed by atoms with van der Waals surface area (Å²) in [7, 11) is -0.368. The molecule has 21 heavy (non-hydrogen) atoms. The summed E-state index contributed by atoms with van der Waals surface area (Å²) < 4.78 is 14.6. The molecule has 0 saturated carbocycles. The summed E-state index contributed by atoms with van der Waals surface area (Å²) in [6, 6.07) is 4.43. The Hall–Kier alpha value is -1.33. The van der Waals surface area contributed by atoms with E-state index in [1.165, 1.54) is 0 Å². The number of hydrogen-bond donors (Lipinski definition) is 0. The lowest BCUT2D eigenvalue weighted by Crippen LogP contribution is -2.41. The minimum absolute atomic E-state index is 0.335. The first-order chi connectivity index (χ1) is 9.73. The van der Waals surface area contributed by atoms with Gasteiger partial charge in [-0.2, -0.15) is 0 Å². The summed E-state index contributed by atoms with van der Waals surface area (Å²) in [5.41, 5.74) is 2.43. The van der Waals surface area contributed by atoms with Gasteiger partial charge in [0.1, 0.15) is 0 Å². The van der Waals surface area contributed by atoms with E-state index in [0.29, 0.717) is 6.04 Å². The third-order valence-electron chi connectivity index (χ3n) is 4.68. The summed E-state index contributed by atoms with van der Waals surface area (Å²) in [5.74, 6) is 0. The Bertz CT molecular complexity index is 660. The fourth-order valence-electron chi connectivity index (χ4n) is 2.68. The maximum absolute atomic E-state index is 6.18. The van der Waals surface area contributed by atoms with Gasteiger partial charge in [-0.15, -0.1) is 0 Å². The second kappa shape index (κ2) is 4.58. The molecule has 1 saturated heterocycles. The molecule has 5 heteroatoms. The van der Waals surface area contributed by atoms with E-state index in [2.05, 4.69) is 63.4 Å². The topological polar surface area (TPSA) is 36.3 Å². The Morgan fingerprint density at radius 2 is 1.76 bits per heavy atom. The van der Waals surface area contributed by atoms with Gasteiger partial charge in [0.15, 0.2) is 0 Å². The lowest BCUT2D eigenvalue weighted by atomic mass is 9.80. The molecule has 0 bridgehead atoms. The SMILES string of the molecule is CC(C)n1cc(B2OC(C)(C)C(C)(C)O2)c2ncccc21. The van der Waals surface area contributed by atoms with Gasteiger partial charge in [0.2, 0.25) is 0 Å². The molecule has 0 spiro atoms. The van der Waals surface area contributed by atoms with Crippen LogP contribution in [0.2, 0.25) is 0 Å². The van der Waals surface area contributed by atoms with Crippen LogP contribution in [0.15, 0.2) is 24.5 Å². The Morgan fingerprint density at radius 1 is 1.14 bits per heavy atom. The molecule has 3 rings (SSSR count). The fraction of sp³-hybridized carbons (Fsp3) is 0.562. The quantitative estimate of drug-likeness (QED) is 0.796. The number of nitrogens with zero attached hydrogens (tertiary/aromatic N) is 2. The number of aromatic nitrogens is 2. The second-order valence-corrected chi connectivity index (χ2v) is 7.04. The van der Waals surface area contributed by atoms with Crippen molar-refractivity contribution < 1.29 is 9.31 Å². The van der Waals surface area contributed by atoms with E-state index < -0.39 is 0 Å². The smallest absolute Gasteiger partial charge is 0.399 e. The van der Waals surface area contributed by atoms with Gasteiger partial charge < -0.3 is 13.9 Å². The van der Waals surface area contributed by atoms with Crippen molar-refractivity contribution in [3.05, 3.63) is 24.5 Å². The number of rotatable bonds is 2. The highest BCUT2D eigenvalue weighted by atomic mass is 16.7. The zero-order chi connectivity index (χ0) is 15.4. The van der Waals surface area contributed by atoms with Crippen LogP contribution in [0.3, 0.4) is 0 Å². The van der Waals surface area contributed by atoms with Crippen molar-refractivity contribution in [1.82, 2.24) is 9.55 Å². The van der Waals surface area contributed by atoms with Crippen LogP contribution in [-0.4, -0.2) is 27.9 Å². The van der Waals surface area contributed by atoms with Crippen LogP contribution in [0, 0.1) is 0 Å². The monoisotopic (exact) mass is 286 g/mol. The van der Waals surface area contributed by atoms with Gasteiger partial charge in [0.05, 0.1) is 22.2 Å².